The third kappa shape index (κ3) is 3.59. The normalized spacial score (nSPS) is 13.9. The van der Waals surface area contributed by atoms with Crippen molar-refractivity contribution in [2.24, 2.45) is 0 Å². The monoisotopic (exact) mass is 402 g/mol. The standard InChI is InChI=1S/C24H22N2O4/c1-15-6-11-20(16(2)13-15)21-22(25-17-7-9-18(29-3)10-8-17)24(28)26(23(21)27)14-19-5-4-12-30-19/h4-13,25H,14H2,1-3H3. The topological polar surface area (TPSA) is 71.8 Å². The fourth-order valence-corrected chi connectivity index (χ4v) is 3.56. The van der Waals surface area contributed by atoms with E-state index in [9.17, 15) is 9.59 Å². The van der Waals surface area contributed by atoms with Gasteiger partial charge in [0, 0.05) is 5.69 Å². The summed E-state index contributed by atoms with van der Waals surface area (Å²) in [6, 6.07) is 16.5. The summed E-state index contributed by atoms with van der Waals surface area (Å²) >= 11 is 0. The van der Waals surface area contributed by atoms with Crippen LogP contribution in [0.2, 0.25) is 0 Å². The lowest BCUT2D eigenvalue weighted by atomic mass is 9.97. The maximum absolute atomic E-state index is 13.3. The molecule has 1 aromatic heterocycles. The Kier molecular flexibility index (Phi) is 5.14. The van der Waals surface area contributed by atoms with Crippen LogP contribution >= 0.6 is 0 Å². The largest absolute Gasteiger partial charge is 0.497 e. The van der Waals surface area contributed by atoms with Crippen molar-refractivity contribution in [3.8, 4) is 5.75 Å². The van der Waals surface area contributed by atoms with Gasteiger partial charge in [-0.1, -0.05) is 23.8 Å². The van der Waals surface area contributed by atoms with Crippen molar-refractivity contribution < 1.29 is 18.7 Å². The van der Waals surface area contributed by atoms with Gasteiger partial charge in [0.2, 0.25) is 0 Å². The number of hydrogen-bond acceptors (Lipinski definition) is 5. The number of nitrogens with zero attached hydrogens (tertiary/aromatic N) is 1. The molecule has 30 heavy (non-hydrogen) atoms. The number of aryl methyl sites for hydroxylation is 2. The molecule has 0 atom stereocenters. The van der Waals surface area contributed by atoms with Crippen molar-refractivity contribution in [2.75, 3.05) is 12.4 Å². The van der Waals surface area contributed by atoms with Gasteiger partial charge < -0.3 is 14.5 Å². The molecule has 2 heterocycles. The van der Waals surface area contributed by atoms with Crippen LogP contribution in [0.4, 0.5) is 5.69 Å². The van der Waals surface area contributed by atoms with Gasteiger partial charge in [0.05, 0.1) is 25.5 Å². The highest BCUT2D eigenvalue weighted by atomic mass is 16.5. The zero-order valence-electron chi connectivity index (χ0n) is 17.1. The molecule has 2 amide bonds. The molecule has 0 saturated carbocycles. The van der Waals surface area contributed by atoms with E-state index in [2.05, 4.69) is 5.32 Å². The molecule has 6 nitrogen and oxygen atoms in total. The molecule has 0 saturated heterocycles. The van der Waals surface area contributed by atoms with Crippen molar-refractivity contribution in [3.63, 3.8) is 0 Å². The number of furan rings is 1. The molecule has 6 heteroatoms. The van der Waals surface area contributed by atoms with Crippen molar-refractivity contribution in [2.45, 2.75) is 20.4 Å². The van der Waals surface area contributed by atoms with Gasteiger partial charge in [0.1, 0.15) is 17.2 Å². The number of carbonyl (C=O) groups excluding carboxylic acids is 2. The van der Waals surface area contributed by atoms with E-state index >= 15 is 0 Å². The Morgan fingerprint density at radius 2 is 1.77 bits per heavy atom. The second-order valence-corrected chi connectivity index (χ2v) is 7.20. The van der Waals surface area contributed by atoms with Gasteiger partial charge in [-0.05, 0) is 61.4 Å². The highest BCUT2D eigenvalue weighted by molar-refractivity contribution is 6.36. The van der Waals surface area contributed by atoms with E-state index in [1.165, 1.54) is 11.2 Å². The molecule has 2 aromatic carbocycles. The zero-order chi connectivity index (χ0) is 21.3. The third-order valence-corrected chi connectivity index (χ3v) is 5.07. The number of anilines is 1. The molecule has 0 bridgehead atoms. The first-order chi connectivity index (χ1) is 14.5. The number of benzene rings is 2. The fourth-order valence-electron chi connectivity index (χ4n) is 3.56. The first-order valence-corrected chi connectivity index (χ1v) is 9.59. The van der Waals surface area contributed by atoms with Crippen LogP contribution in [0.25, 0.3) is 5.57 Å². The van der Waals surface area contributed by atoms with E-state index in [1.807, 2.05) is 32.0 Å². The van der Waals surface area contributed by atoms with Crippen molar-refractivity contribution in [1.82, 2.24) is 4.90 Å². The van der Waals surface area contributed by atoms with Crippen LogP contribution < -0.4 is 10.1 Å². The Morgan fingerprint density at radius 1 is 1.00 bits per heavy atom. The Labute approximate surface area is 174 Å². The number of imide groups is 1. The average molecular weight is 402 g/mol. The second kappa shape index (κ2) is 7.91. The van der Waals surface area contributed by atoms with Gasteiger partial charge in [-0.3, -0.25) is 14.5 Å². The fraction of sp³-hybridized carbons (Fsp3) is 0.167. The van der Waals surface area contributed by atoms with E-state index in [-0.39, 0.29) is 24.1 Å². The zero-order valence-corrected chi connectivity index (χ0v) is 17.1. The van der Waals surface area contributed by atoms with Gasteiger partial charge in [0.15, 0.2) is 0 Å². The maximum Gasteiger partial charge on any atom is 0.278 e. The number of rotatable bonds is 6. The minimum absolute atomic E-state index is 0.0763. The maximum atomic E-state index is 13.3. The molecule has 1 N–H and O–H groups in total. The molecule has 3 aromatic rings. The minimum Gasteiger partial charge on any atom is -0.497 e. The van der Waals surface area contributed by atoms with Crippen molar-refractivity contribution in [1.29, 1.82) is 0 Å². The van der Waals surface area contributed by atoms with Crippen LogP contribution in [0.1, 0.15) is 22.5 Å². The van der Waals surface area contributed by atoms with Crippen LogP contribution in [0, 0.1) is 13.8 Å². The molecule has 0 spiro atoms. The number of carbonyl (C=O) groups is 2. The molecule has 152 valence electrons. The molecular weight excluding hydrogens is 380 g/mol. The summed E-state index contributed by atoms with van der Waals surface area (Å²) in [6.07, 6.45) is 1.52. The van der Waals surface area contributed by atoms with Crippen LogP contribution in [-0.4, -0.2) is 23.8 Å². The number of ether oxygens (including phenoxy) is 1. The lowest BCUT2D eigenvalue weighted by Crippen LogP contribution is -2.31. The summed E-state index contributed by atoms with van der Waals surface area (Å²) in [4.78, 5) is 27.8. The van der Waals surface area contributed by atoms with E-state index in [1.54, 1.807) is 43.5 Å². The SMILES string of the molecule is COc1ccc(NC2=C(c3ccc(C)cc3C)C(=O)N(Cc3ccco3)C2=O)cc1. The minimum atomic E-state index is -0.387. The van der Waals surface area contributed by atoms with Gasteiger partial charge in [-0.25, -0.2) is 0 Å². The van der Waals surface area contributed by atoms with Gasteiger partial charge in [0.25, 0.3) is 11.8 Å². The number of hydrogen-bond donors (Lipinski definition) is 1. The van der Waals surface area contributed by atoms with Crippen LogP contribution in [0.15, 0.2) is 71.0 Å². The Morgan fingerprint density at radius 3 is 2.40 bits per heavy atom. The van der Waals surface area contributed by atoms with Crippen LogP contribution in [-0.2, 0) is 16.1 Å². The quantitative estimate of drug-likeness (QED) is 0.623. The van der Waals surface area contributed by atoms with Gasteiger partial charge in [-0.2, -0.15) is 0 Å². The van der Waals surface area contributed by atoms with Crippen molar-refractivity contribution in [3.05, 3.63) is 89.0 Å². The molecule has 0 fully saturated rings. The smallest absolute Gasteiger partial charge is 0.278 e. The van der Waals surface area contributed by atoms with E-state index in [4.69, 9.17) is 9.15 Å². The van der Waals surface area contributed by atoms with Crippen LogP contribution in [0.5, 0.6) is 5.75 Å². The molecule has 4 rings (SSSR count). The predicted molar refractivity (Wildman–Crippen MR) is 114 cm³/mol. The average Bonchev–Trinajstić information content (AvgIpc) is 3.32. The van der Waals surface area contributed by atoms with Crippen LogP contribution in [0.3, 0.4) is 0 Å². The second-order valence-electron chi connectivity index (χ2n) is 7.20. The number of nitrogens with one attached hydrogen (secondary N) is 1. The third-order valence-electron chi connectivity index (χ3n) is 5.07. The van der Waals surface area contributed by atoms with Gasteiger partial charge in [-0.15, -0.1) is 0 Å². The number of methoxy groups -OCH3 is 1. The van der Waals surface area contributed by atoms with Gasteiger partial charge >= 0.3 is 0 Å². The molecule has 1 aliphatic rings. The summed E-state index contributed by atoms with van der Waals surface area (Å²) in [5.74, 6) is 0.515. The Hall–Kier alpha value is -3.80. The van der Waals surface area contributed by atoms with Crippen molar-refractivity contribution >= 4 is 23.1 Å². The summed E-state index contributed by atoms with van der Waals surface area (Å²) in [6.45, 7) is 4.01. The van der Waals surface area contributed by atoms with E-state index < -0.39 is 0 Å². The summed E-state index contributed by atoms with van der Waals surface area (Å²) in [7, 11) is 1.59. The predicted octanol–water partition coefficient (Wildman–Crippen LogP) is 4.30. The molecule has 0 aliphatic carbocycles. The summed E-state index contributed by atoms with van der Waals surface area (Å²) in [5.41, 5.74) is 4.06. The molecule has 1 aliphatic heterocycles. The first-order valence-electron chi connectivity index (χ1n) is 9.59. The molecule has 0 unspecified atom stereocenters. The molecule has 0 radical (unpaired) electrons. The Balaban J connectivity index is 1.76. The lowest BCUT2D eigenvalue weighted by molar-refractivity contribution is -0.137. The Bertz CT molecular complexity index is 1130. The highest BCUT2D eigenvalue weighted by Gasteiger charge is 2.40. The lowest BCUT2D eigenvalue weighted by Gasteiger charge is -2.14. The molecular formula is C24H22N2O4. The summed E-state index contributed by atoms with van der Waals surface area (Å²) < 4.78 is 10.5. The first kappa shape index (κ1) is 19.5. The summed E-state index contributed by atoms with van der Waals surface area (Å²) in [5, 5.41) is 3.15. The van der Waals surface area contributed by atoms with E-state index in [0.29, 0.717) is 22.8 Å². The number of amides is 2. The highest BCUT2D eigenvalue weighted by Crippen LogP contribution is 2.33. The van der Waals surface area contributed by atoms with E-state index in [0.717, 1.165) is 16.7 Å².